The molecule has 0 radical (unpaired) electrons. The van der Waals surface area contributed by atoms with Crippen molar-refractivity contribution in [1.29, 1.82) is 0 Å². The molecule has 0 aliphatic carbocycles. The van der Waals surface area contributed by atoms with Gasteiger partial charge in [-0.2, -0.15) is 0 Å². The fourth-order valence-electron chi connectivity index (χ4n) is 0.883. The summed E-state index contributed by atoms with van der Waals surface area (Å²) >= 11 is 1.17. The smallest absolute Gasteiger partial charge is 0.137 e. The quantitative estimate of drug-likeness (QED) is 0.721. The second-order valence-corrected chi connectivity index (χ2v) is 3.13. The standard InChI is InChI=1S/C8H9F2NS/c1-12-8-3-6(9)5(4-11)2-7(8)10/h2-3H,4,11H2,1H3. The van der Waals surface area contributed by atoms with Gasteiger partial charge in [0.2, 0.25) is 0 Å². The number of hydrogen-bond acceptors (Lipinski definition) is 2. The number of benzene rings is 1. The van der Waals surface area contributed by atoms with E-state index in [2.05, 4.69) is 0 Å². The summed E-state index contributed by atoms with van der Waals surface area (Å²) in [6.45, 7) is 0.0252. The van der Waals surface area contributed by atoms with Crippen LogP contribution in [0.4, 0.5) is 8.78 Å². The second kappa shape index (κ2) is 3.87. The lowest BCUT2D eigenvalue weighted by Crippen LogP contribution is -2.01. The van der Waals surface area contributed by atoms with Crippen LogP contribution in [0, 0.1) is 11.6 Å². The summed E-state index contributed by atoms with van der Waals surface area (Å²) in [6, 6.07) is 2.31. The summed E-state index contributed by atoms with van der Waals surface area (Å²) in [6.07, 6.45) is 1.69. The topological polar surface area (TPSA) is 26.0 Å². The molecule has 0 saturated carbocycles. The van der Waals surface area contributed by atoms with Gasteiger partial charge in [-0.3, -0.25) is 0 Å². The Labute approximate surface area is 74.0 Å². The molecule has 0 aliphatic rings. The first kappa shape index (κ1) is 9.48. The lowest BCUT2D eigenvalue weighted by molar-refractivity contribution is 0.565. The SMILES string of the molecule is CSc1cc(F)c(CN)cc1F. The van der Waals surface area contributed by atoms with E-state index in [9.17, 15) is 8.78 Å². The zero-order valence-corrected chi connectivity index (χ0v) is 7.42. The fraction of sp³-hybridized carbons (Fsp3) is 0.250. The van der Waals surface area contributed by atoms with E-state index in [0.29, 0.717) is 4.90 Å². The molecule has 0 aliphatic heterocycles. The normalized spacial score (nSPS) is 10.3. The van der Waals surface area contributed by atoms with Crippen molar-refractivity contribution >= 4 is 11.8 Å². The van der Waals surface area contributed by atoms with E-state index < -0.39 is 11.6 Å². The number of hydrogen-bond donors (Lipinski definition) is 1. The maximum Gasteiger partial charge on any atom is 0.137 e. The molecule has 1 nitrogen and oxygen atoms in total. The van der Waals surface area contributed by atoms with Crippen molar-refractivity contribution < 1.29 is 8.78 Å². The van der Waals surface area contributed by atoms with Crippen LogP contribution in [0.15, 0.2) is 17.0 Å². The molecular weight excluding hydrogens is 180 g/mol. The zero-order chi connectivity index (χ0) is 9.14. The van der Waals surface area contributed by atoms with E-state index in [4.69, 9.17) is 5.73 Å². The van der Waals surface area contributed by atoms with Crippen molar-refractivity contribution in [3.05, 3.63) is 29.3 Å². The highest BCUT2D eigenvalue weighted by Crippen LogP contribution is 2.22. The number of halogens is 2. The minimum absolute atomic E-state index is 0.0252. The highest BCUT2D eigenvalue weighted by molar-refractivity contribution is 7.98. The molecule has 4 heteroatoms. The van der Waals surface area contributed by atoms with Crippen molar-refractivity contribution in [1.82, 2.24) is 0 Å². The molecule has 1 rings (SSSR count). The number of nitrogens with two attached hydrogens (primary N) is 1. The van der Waals surface area contributed by atoms with Gasteiger partial charge in [0.25, 0.3) is 0 Å². The Bertz CT molecular complexity index is 259. The molecule has 66 valence electrons. The second-order valence-electron chi connectivity index (χ2n) is 2.28. The van der Waals surface area contributed by atoms with E-state index in [-0.39, 0.29) is 12.1 Å². The van der Waals surface area contributed by atoms with Gasteiger partial charge in [-0.15, -0.1) is 11.8 Å². The molecule has 0 bridgehead atoms. The Morgan fingerprint density at radius 1 is 1.33 bits per heavy atom. The summed E-state index contributed by atoms with van der Waals surface area (Å²) in [5.74, 6) is -0.854. The third-order valence-electron chi connectivity index (χ3n) is 1.54. The lowest BCUT2D eigenvalue weighted by atomic mass is 10.2. The zero-order valence-electron chi connectivity index (χ0n) is 6.60. The first-order valence-electron chi connectivity index (χ1n) is 3.41. The molecule has 0 unspecified atom stereocenters. The van der Waals surface area contributed by atoms with Gasteiger partial charge in [-0.1, -0.05) is 0 Å². The van der Waals surface area contributed by atoms with Crippen LogP contribution < -0.4 is 5.73 Å². The summed E-state index contributed by atoms with van der Waals surface area (Å²) in [7, 11) is 0. The predicted molar refractivity (Wildman–Crippen MR) is 46.0 cm³/mol. The fourth-order valence-corrected chi connectivity index (χ4v) is 1.36. The van der Waals surface area contributed by atoms with Gasteiger partial charge in [0.05, 0.1) is 0 Å². The summed E-state index contributed by atoms with van der Waals surface area (Å²) in [5.41, 5.74) is 5.41. The van der Waals surface area contributed by atoms with Crippen LogP contribution in [0.25, 0.3) is 0 Å². The molecule has 12 heavy (non-hydrogen) atoms. The van der Waals surface area contributed by atoms with E-state index in [1.165, 1.54) is 17.8 Å². The van der Waals surface area contributed by atoms with Crippen molar-refractivity contribution in [2.45, 2.75) is 11.4 Å². The van der Waals surface area contributed by atoms with Gasteiger partial charge in [-0.25, -0.2) is 8.78 Å². The van der Waals surface area contributed by atoms with Crippen molar-refractivity contribution in [2.24, 2.45) is 5.73 Å². The molecule has 0 fully saturated rings. The third-order valence-corrected chi connectivity index (χ3v) is 2.29. The van der Waals surface area contributed by atoms with Gasteiger partial charge in [-0.05, 0) is 18.4 Å². The monoisotopic (exact) mass is 189 g/mol. The number of rotatable bonds is 2. The van der Waals surface area contributed by atoms with Crippen LogP contribution >= 0.6 is 11.8 Å². The molecule has 0 heterocycles. The maximum atomic E-state index is 13.0. The van der Waals surface area contributed by atoms with E-state index >= 15 is 0 Å². The highest BCUT2D eigenvalue weighted by atomic mass is 32.2. The van der Waals surface area contributed by atoms with E-state index in [1.807, 2.05) is 0 Å². The van der Waals surface area contributed by atoms with Gasteiger partial charge < -0.3 is 5.73 Å². The van der Waals surface area contributed by atoms with Gasteiger partial charge in [0.1, 0.15) is 11.6 Å². The third kappa shape index (κ3) is 1.76. The van der Waals surface area contributed by atoms with Crippen LogP contribution in [0.5, 0.6) is 0 Å². The van der Waals surface area contributed by atoms with Crippen molar-refractivity contribution in [2.75, 3.05) is 6.26 Å². The molecule has 1 aromatic carbocycles. The Hall–Kier alpha value is -0.610. The van der Waals surface area contributed by atoms with E-state index in [1.54, 1.807) is 6.26 Å². The van der Waals surface area contributed by atoms with Crippen LogP contribution in [0.3, 0.4) is 0 Å². The molecule has 0 atom stereocenters. The molecule has 0 saturated heterocycles. The van der Waals surface area contributed by atoms with Crippen LogP contribution in [-0.2, 0) is 6.54 Å². The van der Waals surface area contributed by atoms with E-state index in [0.717, 1.165) is 6.07 Å². The molecule has 0 aromatic heterocycles. The van der Waals surface area contributed by atoms with Crippen molar-refractivity contribution in [3.8, 4) is 0 Å². The Morgan fingerprint density at radius 2 is 2.00 bits per heavy atom. The number of thioether (sulfide) groups is 1. The van der Waals surface area contributed by atoms with Crippen LogP contribution in [0.1, 0.15) is 5.56 Å². The minimum Gasteiger partial charge on any atom is -0.326 e. The van der Waals surface area contributed by atoms with Gasteiger partial charge >= 0.3 is 0 Å². The molecule has 0 amide bonds. The lowest BCUT2D eigenvalue weighted by Gasteiger charge is -2.03. The maximum absolute atomic E-state index is 13.0. The van der Waals surface area contributed by atoms with Gasteiger partial charge in [0, 0.05) is 17.0 Å². The molecule has 1 aromatic rings. The Kier molecular flexibility index (Phi) is 3.05. The molecule has 0 spiro atoms. The largest absolute Gasteiger partial charge is 0.326 e. The first-order chi connectivity index (χ1) is 5.69. The Morgan fingerprint density at radius 3 is 2.50 bits per heavy atom. The summed E-state index contributed by atoms with van der Waals surface area (Å²) < 4.78 is 25.9. The minimum atomic E-state index is -0.441. The average Bonchev–Trinajstić information content (AvgIpc) is 2.08. The first-order valence-corrected chi connectivity index (χ1v) is 4.63. The van der Waals surface area contributed by atoms with Crippen LogP contribution in [0.2, 0.25) is 0 Å². The highest BCUT2D eigenvalue weighted by Gasteiger charge is 2.07. The molecule has 2 N–H and O–H groups in total. The summed E-state index contributed by atoms with van der Waals surface area (Å²) in [5, 5.41) is 0. The van der Waals surface area contributed by atoms with Gasteiger partial charge in [0.15, 0.2) is 0 Å². The van der Waals surface area contributed by atoms with Crippen LogP contribution in [-0.4, -0.2) is 6.26 Å². The summed E-state index contributed by atoms with van der Waals surface area (Å²) in [4.78, 5) is 0.310. The van der Waals surface area contributed by atoms with Crippen molar-refractivity contribution in [3.63, 3.8) is 0 Å². The average molecular weight is 189 g/mol. The predicted octanol–water partition coefficient (Wildman–Crippen LogP) is 2.15. The molecular formula is C8H9F2NS. The Balaban J connectivity index is 3.16.